The van der Waals surface area contributed by atoms with E-state index >= 15 is 0 Å². The number of aromatic amines is 1. The van der Waals surface area contributed by atoms with E-state index in [1.54, 1.807) is 19.3 Å². The van der Waals surface area contributed by atoms with Crippen molar-refractivity contribution in [3.05, 3.63) is 48.6 Å². The minimum atomic E-state index is -0.837. The van der Waals surface area contributed by atoms with Gasteiger partial charge < -0.3 is 15.0 Å². The van der Waals surface area contributed by atoms with Crippen molar-refractivity contribution in [1.29, 1.82) is 0 Å². The molecule has 4 atom stereocenters. The van der Waals surface area contributed by atoms with Crippen LogP contribution in [-0.2, 0) is 0 Å². The van der Waals surface area contributed by atoms with E-state index in [1.165, 1.54) is 6.07 Å². The van der Waals surface area contributed by atoms with Crippen molar-refractivity contribution in [1.82, 2.24) is 35.4 Å². The third-order valence-corrected chi connectivity index (χ3v) is 10.0. The first-order valence-electron chi connectivity index (χ1n) is 14.8. The van der Waals surface area contributed by atoms with Crippen LogP contribution in [0.2, 0.25) is 0 Å². The van der Waals surface area contributed by atoms with Gasteiger partial charge in [-0.15, -0.1) is 6.58 Å². The van der Waals surface area contributed by atoms with E-state index in [4.69, 9.17) is 19.7 Å². The van der Waals surface area contributed by atoms with E-state index in [-0.39, 0.29) is 22.9 Å². The molecule has 0 radical (unpaired) electrons. The zero-order valence-corrected chi connectivity index (χ0v) is 23.7. The number of aromatic nitrogens is 5. The van der Waals surface area contributed by atoms with E-state index in [0.29, 0.717) is 53.5 Å². The number of rotatable bonds is 6. The van der Waals surface area contributed by atoms with E-state index in [9.17, 15) is 8.78 Å². The van der Waals surface area contributed by atoms with Crippen molar-refractivity contribution in [3.8, 4) is 17.3 Å². The Morgan fingerprint density at radius 2 is 2.10 bits per heavy atom. The molecule has 4 aromatic rings. The molecule has 4 saturated heterocycles. The average molecular weight is 573 g/mol. The molecule has 0 amide bonds. The molecule has 0 spiro atoms. The Bertz CT molecular complexity index is 1730. The average Bonchev–Trinajstić information content (AvgIpc) is 3.74. The van der Waals surface area contributed by atoms with Gasteiger partial charge in [-0.1, -0.05) is 6.08 Å². The van der Waals surface area contributed by atoms with Crippen molar-refractivity contribution >= 4 is 27.6 Å². The molecule has 0 aliphatic carbocycles. The van der Waals surface area contributed by atoms with Crippen LogP contribution in [0, 0.1) is 12.7 Å². The Balaban J connectivity index is 1.23. The second-order valence-corrected chi connectivity index (χ2v) is 12.6. The number of hydrogen-bond acceptors (Lipinski definition) is 8. The Morgan fingerprint density at radius 1 is 1.19 bits per heavy atom. The van der Waals surface area contributed by atoms with Gasteiger partial charge >= 0.3 is 6.01 Å². The van der Waals surface area contributed by atoms with E-state index < -0.39 is 6.17 Å². The Morgan fingerprint density at radius 3 is 2.98 bits per heavy atom. The first-order chi connectivity index (χ1) is 20.4. The Kier molecular flexibility index (Phi) is 5.81. The number of halogens is 2. The van der Waals surface area contributed by atoms with Crippen LogP contribution < -0.4 is 15.0 Å². The molecule has 11 heteroatoms. The molecule has 218 valence electrons. The number of nitrogens with one attached hydrogen (secondary N) is 2. The molecule has 4 aliphatic heterocycles. The predicted octanol–water partition coefficient (Wildman–Crippen LogP) is 4.47. The number of alkyl halides is 1. The molecule has 7 heterocycles. The summed E-state index contributed by atoms with van der Waals surface area (Å²) in [5, 5.41) is 12.3. The van der Waals surface area contributed by atoms with Crippen LogP contribution in [0.3, 0.4) is 0 Å². The minimum Gasteiger partial charge on any atom is -0.461 e. The molecule has 1 aromatic carbocycles. The van der Waals surface area contributed by atoms with Gasteiger partial charge in [-0.25, -0.2) is 8.78 Å². The quantitative estimate of drug-likeness (QED) is 0.327. The zero-order chi connectivity index (χ0) is 28.6. The molecule has 42 heavy (non-hydrogen) atoms. The smallest absolute Gasteiger partial charge is 0.319 e. The van der Waals surface area contributed by atoms with Gasteiger partial charge in [0.05, 0.1) is 39.4 Å². The van der Waals surface area contributed by atoms with Crippen LogP contribution in [0.15, 0.2) is 37.2 Å². The van der Waals surface area contributed by atoms with Gasteiger partial charge in [0, 0.05) is 49.2 Å². The fraction of sp³-hybridized carbons (Fsp3) is 0.484. The molecule has 9 nitrogen and oxygen atoms in total. The lowest BCUT2D eigenvalue weighted by Gasteiger charge is -2.40. The van der Waals surface area contributed by atoms with Gasteiger partial charge in [0.25, 0.3) is 0 Å². The molecule has 2 N–H and O–H groups in total. The first kappa shape index (κ1) is 26.0. The standard InChI is InChI=1S/C31H34F2N8O/c1-3-30-7-5-20(38-30)15-40(16-30)28-22-12-34-26(27-18(2)23(33)9-25-21(27)13-35-39-25)10-24(22)36-29(37-28)42-17-31-6-4-8-41(31)14-19(32)11-31/h3,9-10,12-13,19-20,38H,1,4-8,11,14-17H2,2H3,(H,35,39). The maximum Gasteiger partial charge on any atom is 0.319 e. The number of H-pyrrole nitrogens is 1. The first-order valence-corrected chi connectivity index (χ1v) is 14.8. The summed E-state index contributed by atoms with van der Waals surface area (Å²) in [5.41, 5.74) is 2.55. The Hall–Kier alpha value is -3.70. The largest absolute Gasteiger partial charge is 0.461 e. The lowest BCUT2D eigenvalue weighted by Crippen LogP contribution is -2.58. The van der Waals surface area contributed by atoms with Gasteiger partial charge in [0.1, 0.15) is 24.4 Å². The lowest BCUT2D eigenvalue weighted by molar-refractivity contribution is 0.107. The summed E-state index contributed by atoms with van der Waals surface area (Å²) in [5.74, 6) is 0.429. The number of piperazine rings is 1. The third kappa shape index (κ3) is 4.00. The van der Waals surface area contributed by atoms with Gasteiger partial charge in [-0.05, 0) is 56.8 Å². The van der Waals surface area contributed by atoms with Crippen molar-refractivity contribution in [2.24, 2.45) is 0 Å². The predicted molar refractivity (Wildman–Crippen MR) is 157 cm³/mol. The van der Waals surface area contributed by atoms with Crippen LogP contribution in [0.4, 0.5) is 14.6 Å². The van der Waals surface area contributed by atoms with Gasteiger partial charge in [-0.2, -0.15) is 15.1 Å². The molecular formula is C31H34F2N8O. The second-order valence-electron chi connectivity index (χ2n) is 12.6. The number of anilines is 1. The number of fused-ring (bicyclic) bond motifs is 5. The normalized spacial score (nSPS) is 29.1. The summed E-state index contributed by atoms with van der Waals surface area (Å²) < 4.78 is 35.7. The van der Waals surface area contributed by atoms with Crippen LogP contribution >= 0.6 is 0 Å². The molecule has 4 unspecified atom stereocenters. The molecule has 4 fully saturated rings. The van der Waals surface area contributed by atoms with Crippen molar-refractivity contribution < 1.29 is 13.5 Å². The summed E-state index contributed by atoms with van der Waals surface area (Å²) in [4.78, 5) is 19.1. The maximum absolute atomic E-state index is 14.9. The fourth-order valence-corrected chi connectivity index (χ4v) is 7.87. The van der Waals surface area contributed by atoms with E-state index in [0.717, 1.165) is 61.9 Å². The van der Waals surface area contributed by atoms with Gasteiger partial charge in [0.2, 0.25) is 0 Å². The topological polar surface area (TPSA) is 95.1 Å². The van der Waals surface area contributed by atoms with Gasteiger partial charge in [0.15, 0.2) is 0 Å². The second kappa shape index (κ2) is 9.40. The number of benzene rings is 1. The zero-order valence-electron chi connectivity index (χ0n) is 23.7. The number of nitrogens with zero attached hydrogens (tertiary/aromatic N) is 6. The third-order valence-electron chi connectivity index (χ3n) is 10.0. The SMILES string of the molecule is C=CC12CCC(CN(c3nc(OCC45CCCN4CC(F)C5)nc4cc(-c5c(C)c(F)cc6[nH]ncc56)ncc34)C1)N2. The fourth-order valence-electron chi connectivity index (χ4n) is 7.87. The summed E-state index contributed by atoms with van der Waals surface area (Å²) in [7, 11) is 0. The maximum atomic E-state index is 14.9. The van der Waals surface area contributed by atoms with Crippen molar-refractivity contribution in [3.63, 3.8) is 0 Å². The van der Waals surface area contributed by atoms with Crippen LogP contribution in [0.5, 0.6) is 6.01 Å². The molecule has 8 rings (SSSR count). The summed E-state index contributed by atoms with van der Waals surface area (Å²) in [6.45, 7) is 9.09. The van der Waals surface area contributed by atoms with Gasteiger partial charge in [-0.3, -0.25) is 15.0 Å². The highest BCUT2D eigenvalue weighted by Gasteiger charge is 2.49. The summed E-state index contributed by atoms with van der Waals surface area (Å²) in [6.07, 6.45) is 9.17. The van der Waals surface area contributed by atoms with Crippen LogP contribution in [0.25, 0.3) is 33.1 Å². The minimum absolute atomic E-state index is 0.177. The molecule has 0 saturated carbocycles. The van der Waals surface area contributed by atoms with E-state index in [2.05, 4.69) is 31.9 Å². The monoisotopic (exact) mass is 572 g/mol. The number of ether oxygens (including phenoxy) is 1. The summed E-state index contributed by atoms with van der Waals surface area (Å²) in [6, 6.07) is 3.93. The van der Waals surface area contributed by atoms with Crippen molar-refractivity contribution in [2.75, 3.05) is 37.7 Å². The van der Waals surface area contributed by atoms with Crippen LogP contribution in [0.1, 0.15) is 37.7 Å². The van der Waals surface area contributed by atoms with Crippen molar-refractivity contribution in [2.45, 2.75) is 62.3 Å². The number of pyridine rings is 1. The molecule has 4 aliphatic rings. The molecule has 3 aromatic heterocycles. The molecular weight excluding hydrogens is 538 g/mol. The summed E-state index contributed by atoms with van der Waals surface area (Å²) >= 11 is 0. The lowest BCUT2D eigenvalue weighted by atomic mass is 9.95. The Labute approximate surface area is 242 Å². The highest BCUT2D eigenvalue weighted by Crippen LogP contribution is 2.41. The van der Waals surface area contributed by atoms with E-state index in [1.807, 2.05) is 12.1 Å². The molecule has 2 bridgehead atoms. The van der Waals surface area contributed by atoms with Crippen LogP contribution in [-0.4, -0.2) is 86.1 Å². The highest BCUT2D eigenvalue weighted by atomic mass is 19.1. The highest BCUT2D eigenvalue weighted by molar-refractivity contribution is 5.98. The number of hydrogen-bond donors (Lipinski definition) is 2.